The summed E-state index contributed by atoms with van der Waals surface area (Å²) in [5, 5.41) is 4.08. The van der Waals surface area contributed by atoms with Gasteiger partial charge in [0.15, 0.2) is 0 Å². The van der Waals surface area contributed by atoms with Gasteiger partial charge in [0.1, 0.15) is 5.82 Å². The quantitative estimate of drug-likeness (QED) is 0.449. The summed E-state index contributed by atoms with van der Waals surface area (Å²) in [6.45, 7) is 6.47. The summed E-state index contributed by atoms with van der Waals surface area (Å²) >= 11 is 1.72. The molecule has 212 valence electrons. The summed E-state index contributed by atoms with van der Waals surface area (Å²) < 4.78 is 1.23. The Morgan fingerprint density at radius 2 is 1.90 bits per heavy atom. The first-order valence-electron chi connectivity index (χ1n) is 13.1. The number of anilines is 1. The van der Waals surface area contributed by atoms with Crippen molar-refractivity contribution in [2.45, 2.75) is 20.0 Å². The number of rotatable bonds is 6. The Hall–Kier alpha value is -3.31. The van der Waals surface area contributed by atoms with Crippen LogP contribution in [0.4, 0.5) is 5.82 Å². The van der Waals surface area contributed by atoms with E-state index in [9.17, 15) is 14.4 Å². The second-order valence-corrected chi connectivity index (χ2v) is 11.5. The van der Waals surface area contributed by atoms with Gasteiger partial charge in [-0.15, -0.1) is 23.7 Å². The Bertz CT molecular complexity index is 1430. The fraction of sp³-hybridized carbons (Fsp3) is 0.379. The third-order valence-corrected chi connectivity index (χ3v) is 8.60. The molecule has 3 aromatic rings. The number of hydrogen-bond acceptors (Lipinski definition) is 7. The van der Waals surface area contributed by atoms with E-state index in [1.54, 1.807) is 41.6 Å². The molecule has 0 atom stereocenters. The smallest absolute Gasteiger partial charge is 0.246 e. The number of thiophene rings is 1. The molecule has 3 amide bonds. The van der Waals surface area contributed by atoms with Crippen LogP contribution in [0, 0.1) is 6.92 Å². The lowest BCUT2D eigenvalue weighted by Crippen LogP contribution is -2.50. The lowest BCUT2D eigenvalue weighted by molar-refractivity contribution is -0.134. The zero-order valence-electron chi connectivity index (χ0n) is 23.1. The van der Waals surface area contributed by atoms with Crippen molar-refractivity contribution in [2.75, 3.05) is 58.7 Å². The number of halogens is 1. The molecular weight excluding hydrogens is 548 g/mol. The van der Waals surface area contributed by atoms with E-state index in [1.807, 2.05) is 28.0 Å². The number of benzene rings is 1. The third kappa shape index (κ3) is 6.87. The third-order valence-electron chi connectivity index (χ3n) is 7.34. The predicted molar refractivity (Wildman–Crippen MR) is 162 cm³/mol. The molecule has 1 saturated heterocycles. The van der Waals surface area contributed by atoms with Crippen LogP contribution in [0.2, 0.25) is 0 Å². The molecule has 2 aliphatic rings. The monoisotopic (exact) mass is 582 g/mol. The first-order valence-corrected chi connectivity index (χ1v) is 14.0. The van der Waals surface area contributed by atoms with Gasteiger partial charge in [-0.25, -0.2) is 4.98 Å². The van der Waals surface area contributed by atoms with Crippen molar-refractivity contribution in [3.63, 3.8) is 0 Å². The van der Waals surface area contributed by atoms with Gasteiger partial charge in [0, 0.05) is 67.2 Å². The van der Waals surface area contributed by atoms with Gasteiger partial charge in [0.25, 0.3) is 0 Å². The Kier molecular flexibility index (Phi) is 9.57. The number of aromatic nitrogens is 1. The Morgan fingerprint density at radius 3 is 2.65 bits per heavy atom. The van der Waals surface area contributed by atoms with Crippen molar-refractivity contribution in [3.8, 4) is 0 Å². The molecule has 0 spiro atoms. The van der Waals surface area contributed by atoms with Crippen molar-refractivity contribution in [1.29, 1.82) is 0 Å². The van der Waals surface area contributed by atoms with Crippen molar-refractivity contribution in [3.05, 3.63) is 64.2 Å². The van der Waals surface area contributed by atoms with Gasteiger partial charge in [-0.05, 0) is 48.7 Å². The largest absolute Gasteiger partial charge is 0.339 e. The van der Waals surface area contributed by atoms with Crippen LogP contribution in [-0.2, 0) is 27.5 Å². The number of carbonyl (C=O) groups excluding carboxylic acids is 3. The van der Waals surface area contributed by atoms with E-state index in [0.717, 1.165) is 24.2 Å². The highest BCUT2D eigenvalue weighted by molar-refractivity contribution is 7.19. The summed E-state index contributed by atoms with van der Waals surface area (Å²) in [7, 11) is 3.85. The molecule has 9 nitrogen and oxygen atoms in total. The molecule has 1 N–H and O–H groups in total. The van der Waals surface area contributed by atoms with E-state index in [2.05, 4.69) is 41.3 Å². The van der Waals surface area contributed by atoms with Gasteiger partial charge in [-0.2, -0.15) is 0 Å². The van der Waals surface area contributed by atoms with Gasteiger partial charge in [-0.3, -0.25) is 19.3 Å². The summed E-state index contributed by atoms with van der Waals surface area (Å²) in [5.74, 6) is 0.236. The standard InChI is InChI=1S/C29H34N6O3S.ClH/c1-20-23-6-4-5-7-24(23)39-25(20)17-33(3)27(37)9-8-21-14-22-16-34(18-26(36)31-29(22)30-15-21)19-28(38)35-12-10-32(2)11-13-35;/h4-9,14-15H,10-13,16-19H2,1-3H3,(H,30,31,36);1H/b9-8+;. The number of nitrogens with one attached hydrogen (secondary N) is 1. The minimum atomic E-state index is -0.191. The van der Waals surface area contributed by atoms with Crippen LogP contribution in [-0.4, -0.2) is 95.7 Å². The van der Waals surface area contributed by atoms with Crippen molar-refractivity contribution >= 4 is 63.4 Å². The van der Waals surface area contributed by atoms with E-state index in [0.29, 0.717) is 32.0 Å². The average Bonchev–Trinajstić information content (AvgIpc) is 3.13. The SMILES string of the molecule is Cc1c(CN(C)C(=O)/C=C/c2cnc3c(c2)CN(CC(=O)N2CCN(C)CC2)CC(=O)N3)sc2ccccc12.Cl. The number of nitrogens with zero attached hydrogens (tertiary/aromatic N) is 5. The predicted octanol–water partition coefficient (Wildman–Crippen LogP) is 3.23. The normalized spacial score (nSPS) is 16.4. The molecule has 0 unspecified atom stereocenters. The molecule has 1 fully saturated rings. The molecule has 0 saturated carbocycles. The maximum absolute atomic E-state index is 12.9. The Balaban J connectivity index is 0.00000370. The van der Waals surface area contributed by atoms with Gasteiger partial charge in [0.2, 0.25) is 17.7 Å². The highest BCUT2D eigenvalue weighted by Crippen LogP contribution is 2.31. The molecule has 1 aromatic carbocycles. The molecule has 40 heavy (non-hydrogen) atoms. The Labute approximate surface area is 244 Å². The molecule has 5 rings (SSSR count). The zero-order valence-corrected chi connectivity index (χ0v) is 24.7. The van der Waals surface area contributed by atoms with E-state index in [4.69, 9.17) is 0 Å². The number of hydrogen-bond donors (Lipinski definition) is 1. The Morgan fingerprint density at radius 1 is 1.15 bits per heavy atom. The number of amides is 3. The summed E-state index contributed by atoms with van der Waals surface area (Å²) in [6.07, 6.45) is 4.94. The molecule has 11 heteroatoms. The van der Waals surface area contributed by atoms with Crippen LogP contribution in [0.5, 0.6) is 0 Å². The second kappa shape index (κ2) is 12.9. The number of likely N-dealkylation sites (N-methyl/N-ethyl adjacent to an activating group) is 2. The highest BCUT2D eigenvalue weighted by Gasteiger charge is 2.25. The van der Waals surface area contributed by atoms with E-state index in [1.165, 1.54) is 20.5 Å². The van der Waals surface area contributed by atoms with Gasteiger partial charge in [0.05, 0.1) is 19.6 Å². The topological polar surface area (TPSA) is 89.1 Å². The number of carbonyl (C=O) groups is 3. The molecule has 2 aliphatic heterocycles. The van der Waals surface area contributed by atoms with Gasteiger partial charge in [-0.1, -0.05) is 18.2 Å². The molecule has 0 aliphatic carbocycles. The van der Waals surface area contributed by atoms with Crippen LogP contribution in [0.3, 0.4) is 0 Å². The van der Waals surface area contributed by atoms with Gasteiger partial charge < -0.3 is 20.0 Å². The number of aryl methyl sites for hydroxylation is 1. The molecule has 0 bridgehead atoms. The zero-order chi connectivity index (χ0) is 27.5. The number of pyridine rings is 1. The van der Waals surface area contributed by atoms with E-state index < -0.39 is 0 Å². The van der Waals surface area contributed by atoms with Crippen molar-refractivity contribution in [1.82, 2.24) is 24.6 Å². The van der Waals surface area contributed by atoms with Crippen molar-refractivity contribution in [2.24, 2.45) is 0 Å². The molecule has 4 heterocycles. The van der Waals surface area contributed by atoms with Crippen LogP contribution in [0.1, 0.15) is 21.6 Å². The maximum Gasteiger partial charge on any atom is 0.246 e. The minimum absolute atomic E-state index is 0. The highest BCUT2D eigenvalue weighted by atomic mass is 35.5. The van der Waals surface area contributed by atoms with E-state index in [-0.39, 0.29) is 43.2 Å². The van der Waals surface area contributed by atoms with Crippen LogP contribution < -0.4 is 5.32 Å². The van der Waals surface area contributed by atoms with Crippen LogP contribution in [0.25, 0.3) is 16.2 Å². The molecular formula is C29H35ClN6O3S. The average molecular weight is 583 g/mol. The first-order chi connectivity index (χ1) is 18.8. The number of piperazine rings is 1. The summed E-state index contributed by atoms with van der Waals surface area (Å²) in [6, 6.07) is 10.2. The number of fused-ring (bicyclic) bond motifs is 2. The summed E-state index contributed by atoms with van der Waals surface area (Å²) in [4.78, 5) is 51.5. The van der Waals surface area contributed by atoms with Gasteiger partial charge >= 0.3 is 0 Å². The van der Waals surface area contributed by atoms with Crippen LogP contribution >= 0.6 is 23.7 Å². The maximum atomic E-state index is 12.9. The van der Waals surface area contributed by atoms with E-state index >= 15 is 0 Å². The fourth-order valence-electron chi connectivity index (χ4n) is 4.95. The molecule has 0 radical (unpaired) electrons. The fourth-order valence-corrected chi connectivity index (χ4v) is 6.21. The minimum Gasteiger partial charge on any atom is -0.339 e. The van der Waals surface area contributed by atoms with Crippen molar-refractivity contribution < 1.29 is 14.4 Å². The summed E-state index contributed by atoms with van der Waals surface area (Å²) in [5.41, 5.74) is 2.79. The first kappa shape index (κ1) is 29.7. The molecule has 2 aromatic heterocycles. The second-order valence-electron chi connectivity index (χ2n) is 10.3. The lowest BCUT2D eigenvalue weighted by Gasteiger charge is -2.33. The lowest BCUT2D eigenvalue weighted by atomic mass is 10.1. The van der Waals surface area contributed by atoms with Crippen LogP contribution in [0.15, 0.2) is 42.6 Å².